The van der Waals surface area contributed by atoms with Crippen LogP contribution in [0.25, 0.3) is 5.57 Å². The lowest BCUT2D eigenvalue weighted by Crippen LogP contribution is -2.04. The number of nitrogens with two attached hydrogens (primary N) is 1. The largest absolute Gasteiger partial charge is 0.493 e. The van der Waals surface area contributed by atoms with Crippen LogP contribution >= 0.6 is 0 Å². The van der Waals surface area contributed by atoms with Crippen LogP contribution in [0.5, 0.6) is 5.75 Å². The summed E-state index contributed by atoms with van der Waals surface area (Å²) in [4.78, 5) is 4.21. The lowest BCUT2D eigenvalue weighted by Gasteiger charge is -2.09. The van der Waals surface area contributed by atoms with Gasteiger partial charge in [0.25, 0.3) is 0 Å². The Morgan fingerprint density at radius 3 is 2.93 bits per heavy atom. The maximum absolute atomic E-state index is 5.59. The molecule has 0 aliphatic heterocycles. The summed E-state index contributed by atoms with van der Waals surface area (Å²) in [6.45, 7) is 6.88. The zero-order valence-electron chi connectivity index (χ0n) is 9.53. The number of rotatable bonds is 4. The van der Waals surface area contributed by atoms with E-state index < -0.39 is 0 Å². The minimum Gasteiger partial charge on any atom is -0.493 e. The van der Waals surface area contributed by atoms with Crippen LogP contribution in [0, 0.1) is 5.92 Å². The third kappa shape index (κ3) is 3.62. The van der Waals surface area contributed by atoms with E-state index in [9.17, 15) is 0 Å². The predicted octanol–water partition coefficient (Wildman–Crippen LogP) is 2.44. The molecule has 1 heterocycles. The Hall–Kier alpha value is -1.51. The van der Waals surface area contributed by atoms with Crippen molar-refractivity contribution in [3.8, 4) is 5.75 Å². The molecule has 0 fully saturated rings. The molecule has 15 heavy (non-hydrogen) atoms. The number of hydrogen-bond donors (Lipinski definition) is 1. The molecule has 1 aromatic rings. The van der Waals surface area contributed by atoms with Gasteiger partial charge in [0.05, 0.1) is 12.3 Å². The van der Waals surface area contributed by atoms with Crippen LogP contribution in [0.2, 0.25) is 0 Å². The molecular formula is C12H18N2O. The van der Waals surface area contributed by atoms with E-state index in [4.69, 9.17) is 10.5 Å². The summed E-state index contributed by atoms with van der Waals surface area (Å²) in [6.07, 6.45) is 3.28. The number of hydrogen-bond acceptors (Lipinski definition) is 3. The minimum atomic E-state index is 0.521. The highest BCUT2D eigenvalue weighted by molar-refractivity contribution is 5.60. The van der Waals surface area contributed by atoms with Gasteiger partial charge >= 0.3 is 0 Å². The zero-order chi connectivity index (χ0) is 11.3. The molecule has 0 atom stereocenters. The van der Waals surface area contributed by atoms with E-state index >= 15 is 0 Å². The van der Waals surface area contributed by atoms with Crippen LogP contribution in [0.3, 0.4) is 0 Å². The lowest BCUT2D eigenvalue weighted by atomic mass is 10.2. The summed E-state index contributed by atoms with van der Waals surface area (Å²) in [5, 5.41) is 0. The summed E-state index contributed by atoms with van der Waals surface area (Å²) in [5.74, 6) is 1.36. The monoisotopic (exact) mass is 206 g/mol. The van der Waals surface area contributed by atoms with Crippen molar-refractivity contribution in [1.82, 2.24) is 4.98 Å². The van der Waals surface area contributed by atoms with Gasteiger partial charge in [0.1, 0.15) is 5.75 Å². The average Bonchev–Trinajstić information content (AvgIpc) is 2.25. The Kier molecular flexibility index (Phi) is 4.16. The Labute approximate surface area is 91.0 Å². The van der Waals surface area contributed by atoms with Crippen LogP contribution in [-0.4, -0.2) is 11.6 Å². The molecule has 0 bridgehead atoms. The first-order valence-electron chi connectivity index (χ1n) is 5.11. The van der Waals surface area contributed by atoms with E-state index in [-0.39, 0.29) is 0 Å². The number of aromatic nitrogens is 1. The van der Waals surface area contributed by atoms with Gasteiger partial charge in [-0.25, -0.2) is 0 Å². The normalized spacial score (nSPS) is 11.9. The van der Waals surface area contributed by atoms with E-state index in [1.54, 1.807) is 12.4 Å². The molecule has 82 valence electrons. The van der Waals surface area contributed by atoms with Crippen LogP contribution in [0.15, 0.2) is 24.5 Å². The highest BCUT2D eigenvalue weighted by atomic mass is 16.5. The molecule has 0 aliphatic carbocycles. The fourth-order valence-corrected chi connectivity index (χ4v) is 1.06. The molecule has 0 spiro atoms. The van der Waals surface area contributed by atoms with Crippen molar-refractivity contribution >= 4 is 5.57 Å². The van der Waals surface area contributed by atoms with Crippen molar-refractivity contribution in [1.29, 1.82) is 0 Å². The second kappa shape index (κ2) is 5.39. The molecule has 0 saturated carbocycles. The van der Waals surface area contributed by atoms with Gasteiger partial charge in [0, 0.05) is 12.3 Å². The highest BCUT2D eigenvalue weighted by Crippen LogP contribution is 2.17. The first-order valence-corrected chi connectivity index (χ1v) is 5.11. The number of allylic oxidation sites excluding steroid dienone is 1. The molecule has 0 unspecified atom stereocenters. The Bertz CT molecular complexity index is 345. The average molecular weight is 206 g/mol. The van der Waals surface area contributed by atoms with Gasteiger partial charge in [-0.05, 0) is 30.7 Å². The second-order valence-corrected chi connectivity index (χ2v) is 3.93. The van der Waals surface area contributed by atoms with Crippen molar-refractivity contribution in [3.63, 3.8) is 0 Å². The van der Waals surface area contributed by atoms with Crippen molar-refractivity contribution in [2.24, 2.45) is 11.7 Å². The molecule has 0 amide bonds. The predicted molar refractivity (Wildman–Crippen MR) is 62.4 cm³/mol. The number of ether oxygens (including phenoxy) is 1. The van der Waals surface area contributed by atoms with Crippen LogP contribution < -0.4 is 10.5 Å². The topological polar surface area (TPSA) is 48.1 Å². The number of nitrogens with zero attached hydrogens (tertiary/aromatic N) is 1. The van der Waals surface area contributed by atoms with Crippen LogP contribution in [-0.2, 0) is 0 Å². The number of pyridine rings is 1. The molecule has 0 aromatic carbocycles. The van der Waals surface area contributed by atoms with Crippen molar-refractivity contribution in [2.45, 2.75) is 20.8 Å². The summed E-state index contributed by atoms with van der Waals surface area (Å²) < 4.78 is 5.59. The van der Waals surface area contributed by atoms with Crippen molar-refractivity contribution in [3.05, 3.63) is 30.2 Å². The standard InChI is InChI=1S/C12H18N2O/c1-9(2)8-15-11-4-5-14-12(6-11)10(3)7-13/h4-7,9H,8,13H2,1-3H3. The molecule has 1 aromatic heterocycles. The van der Waals surface area contributed by atoms with Crippen molar-refractivity contribution in [2.75, 3.05) is 6.61 Å². The maximum Gasteiger partial charge on any atom is 0.123 e. The first kappa shape index (κ1) is 11.6. The van der Waals surface area contributed by atoms with E-state index in [2.05, 4.69) is 18.8 Å². The summed E-state index contributed by atoms with van der Waals surface area (Å²) >= 11 is 0. The highest BCUT2D eigenvalue weighted by Gasteiger charge is 2.01. The van der Waals surface area contributed by atoms with E-state index in [0.717, 1.165) is 23.6 Å². The molecule has 0 radical (unpaired) electrons. The van der Waals surface area contributed by atoms with Gasteiger partial charge in [-0.2, -0.15) is 0 Å². The Balaban J connectivity index is 2.74. The third-order valence-corrected chi connectivity index (χ3v) is 1.97. The van der Waals surface area contributed by atoms with E-state index in [1.165, 1.54) is 0 Å². The van der Waals surface area contributed by atoms with Gasteiger partial charge in [-0.3, -0.25) is 4.98 Å². The summed E-state index contributed by atoms with van der Waals surface area (Å²) in [5.41, 5.74) is 7.24. The maximum atomic E-state index is 5.59. The molecule has 1 rings (SSSR count). The van der Waals surface area contributed by atoms with Gasteiger partial charge in [0.15, 0.2) is 0 Å². The molecule has 3 heteroatoms. The van der Waals surface area contributed by atoms with Crippen molar-refractivity contribution < 1.29 is 4.74 Å². The Morgan fingerprint density at radius 2 is 2.33 bits per heavy atom. The van der Waals surface area contributed by atoms with Gasteiger partial charge in [-0.1, -0.05) is 13.8 Å². The fourth-order valence-electron chi connectivity index (χ4n) is 1.06. The first-order chi connectivity index (χ1) is 7.13. The third-order valence-electron chi connectivity index (χ3n) is 1.97. The van der Waals surface area contributed by atoms with Crippen LogP contribution in [0.1, 0.15) is 26.5 Å². The molecule has 0 aliphatic rings. The van der Waals surface area contributed by atoms with Gasteiger partial charge in [0.2, 0.25) is 0 Å². The van der Waals surface area contributed by atoms with E-state index in [1.807, 2.05) is 19.1 Å². The quantitative estimate of drug-likeness (QED) is 0.823. The molecule has 3 nitrogen and oxygen atoms in total. The second-order valence-electron chi connectivity index (χ2n) is 3.93. The molecular weight excluding hydrogens is 188 g/mol. The van der Waals surface area contributed by atoms with Crippen LogP contribution in [0.4, 0.5) is 0 Å². The molecule has 2 N–H and O–H groups in total. The lowest BCUT2D eigenvalue weighted by molar-refractivity contribution is 0.270. The van der Waals surface area contributed by atoms with Gasteiger partial charge < -0.3 is 10.5 Å². The SMILES string of the molecule is CC(=CN)c1cc(OCC(C)C)ccn1. The summed E-state index contributed by atoms with van der Waals surface area (Å²) in [6, 6.07) is 3.76. The van der Waals surface area contributed by atoms with E-state index in [0.29, 0.717) is 5.92 Å². The minimum absolute atomic E-state index is 0.521. The Morgan fingerprint density at radius 1 is 1.60 bits per heavy atom. The summed E-state index contributed by atoms with van der Waals surface area (Å²) in [7, 11) is 0. The van der Waals surface area contributed by atoms with Gasteiger partial charge in [-0.15, -0.1) is 0 Å². The smallest absolute Gasteiger partial charge is 0.123 e. The fraction of sp³-hybridized carbons (Fsp3) is 0.417. The zero-order valence-corrected chi connectivity index (χ0v) is 9.53. The molecule has 0 saturated heterocycles.